The second kappa shape index (κ2) is 7.67. The molecule has 0 bridgehead atoms. The lowest BCUT2D eigenvalue weighted by molar-refractivity contribution is -0.108. The van der Waals surface area contributed by atoms with Gasteiger partial charge in [-0.15, -0.1) is 0 Å². The van der Waals surface area contributed by atoms with Crippen molar-refractivity contribution in [2.45, 2.75) is 12.8 Å². The number of hydrogen-bond donors (Lipinski definition) is 0. The normalized spacial score (nSPS) is 11.8. The van der Waals surface area contributed by atoms with E-state index in [-0.39, 0.29) is 5.82 Å². The summed E-state index contributed by atoms with van der Waals surface area (Å²) in [5.41, 5.74) is 4.06. The molecule has 3 rings (SSSR count). The summed E-state index contributed by atoms with van der Waals surface area (Å²) < 4.78 is 14.6. The maximum absolute atomic E-state index is 14.6. The summed E-state index contributed by atoms with van der Waals surface area (Å²) in [4.78, 5) is 11.8. The van der Waals surface area contributed by atoms with E-state index in [0.717, 1.165) is 23.0 Å². The molecule has 130 valence electrons. The Hall–Kier alpha value is -2.71. The third kappa shape index (κ3) is 3.47. The van der Waals surface area contributed by atoms with Crippen LogP contribution in [0.5, 0.6) is 0 Å². The van der Waals surface area contributed by atoms with Gasteiger partial charge in [-0.05, 0) is 41.8 Å². The van der Waals surface area contributed by atoms with Gasteiger partial charge in [-0.3, -0.25) is 0 Å². The Morgan fingerprint density at radius 2 is 1.77 bits per heavy atom. The lowest BCUT2D eigenvalue weighted by atomic mass is 9.88. The highest BCUT2D eigenvalue weighted by Crippen LogP contribution is 2.37. The van der Waals surface area contributed by atoms with E-state index in [9.17, 15) is 9.18 Å². The largest absolute Gasteiger partial charge is 0.302 e. The van der Waals surface area contributed by atoms with Crippen LogP contribution < -0.4 is 0 Å². The van der Waals surface area contributed by atoms with Gasteiger partial charge in [-0.25, -0.2) is 4.39 Å². The summed E-state index contributed by atoms with van der Waals surface area (Å²) in [5, 5.41) is 0.430. The molecular weight excluding hydrogens is 347 g/mol. The average Bonchev–Trinajstić information content (AvgIpc) is 2.64. The minimum absolute atomic E-state index is 0.369. The van der Waals surface area contributed by atoms with Crippen LogP contribution in [0.15, 0.2) is 73.3 Å². The van der Waals surface area contributed by atoms with Gasteiger partial charge in [0.25, 0.3) is 0 Å². The van der Waals surface area contributed by atoms with Crippen LogP contribution in [0.1, 0.15) is 29.5 Å². The summed E-state index contributed by atoms with van der Waals surface area (Å²) in [7, 11) is 0. The quantitative estimate of drug-likeness (QED) is 0.471. The summed E-state index contributed by atoms with van der Waals surface area (Å²) in [6.45, 7) is 5.77. The van der Waals surface area contributed by atoms with E-state index in [2.05, 4.69) is 6.58 Å². The van der Waals surface area contributed by atoms with Gasteiger partial charge in [0.1, 0.15) is 12.1 Å². The molecule has 3 aromatic rings. The predicted molar refractivity (Wildman–Crippen MR) is 106 cm³/mol. The van der Waals surface area contributed by atoms with Crippen LogP contribution in [0, 0.1) is 5.82 Å². The fourth-order valence-electron chi connectivity index (χ4n) is 3.09. The number of carbonyl (C=O) groups excluding carboxylic acids is 1. The van der Waals surface area contributed by atoms with E-state index in [0.29, 0.717) is 21.7 Å². The topological polar surface area (TPSA) is 17.1 Å². The minimum Gasteiger partial charge on any atom is -0.302 e. The lowest BCUT2D eigenvalue weighted by Crippen LogP contribution is -2.03. The van der Waals surface area contributed by atoms with Crippen LogP contribution >= 0.6 is 11.6 Å². The molecule has 26 heavy (non-hydrogen) atoms. The van der Waals surface area contributed by atoms with Crippen molar-refractivity contribution in [2.24, 2.45) is 0 Å². The Bertz CT molecular complexity index is 963. The lowest BCUT2D eigenvalue weighted by Gasteiger charge is -2.16. The number of benzene rings is 3. The first-order valence-electron chi connectivity index (χ1n) is 8.27. The van der Waals surface area contributed by atoms with Crippen molar-refractivity contribution in [2.75, 3.05) is 0 Å². The molecule has 3 aromatic carbocycles. The molecular formula is C23H18ClFO. The molecule has 0 saturated carbocycles. The Labute approximate surface area is 157 Å². The van der Waals surface area contributed by atoms with E-state index < -0.39 is 5.92 Å². The van der Waals surface area contributed by atoms with Gasteiger partial charge in [0, 0.05) is 16.1 Å². The van der Waals surface area contributed by atoms with E-state index in [1.54, 1.807) is 24.3 Å². The predicted octanol–water partition coefficient (Wildman–Crippen LogP) is 6.51. The van der Waals surface area contributed by atoms with Crippen LogP contribution in [0.4, 0.5) is 4.39 Å². The van der Waals surface area contributed by atoms with Crippen molar-refractivity contribution >= 4 is 23.5 Å². The molecule has 3 heteroatoms. The zero-order valence-corrected chi connectivity index (χ0v) is 15.1. The van der Waals surface area contributed by atoms with Crippen molar-refractivity contribution in [1.82, 2.24) is 0 Å². The molecule has 0 saturated heterocycles. The number of allylic oxidation sites excluding steroid dienone is 1. The highest BCUT2D eigenvalue weighted by atomic mass is 35.5. The number of halogens is 2. The van der Waals surface area contributed by atoms with Crippen LogP contribution in [-0.2, 0) is 4.79 Å². The molecule has 0 aromatic heterocycles. The molecule has 1 atom stereocenters. The van der Waals surface area contributed by atoms with Crippen molar-refractivity contribution in [1.29, 1.82) is 0 Å². The van der Waals surface area contributed by atoms with Gasteiger partial charge in [-0.1, -0.05) is 72.3 Å². The summed E-state index contributed by atoms with van der Waals surface area (Å²) in [6.07, 6.45) is 0.892. The SMILES string of the molecule is C=C(C)c1cccc(F)c1-c1cc(C(C=O)c2ccccc2)ccc1Cl. The van der Waals surface area contributed by atoms with Crippen molar-refractivity contribution in [3.05, 3.63) is 101 Å². The molecule has 0 aliphatic rings. The van der Waals surface area contributed by atoms with Crippen molar-refractivity contribution < 1.29 is 9.18 Å². The smallest absolute Gasteiger partial charge is 0.131 e. The van der Waals surface area contributed by atoms with Gasteiger partial charge in [-0.2, -0.15) is 0 Å². The molecule has 1 unspecified atom stereocenters. The van der Waals surface area contributed by atoms with Gasteiger partial charge in [0.15, 0.2) is 0 Å². The first-order valence-corrected chi connectivity index (χ1v) is 8.65. The first kappa shape index (κ1) is 18.1. The van der Waals surface area contributed by atoms with Crippen LogP contribution in [-0.4, -0.2) is 6.29 Å². The van der Waals surface area contributed by atoms with Crippen molar-refractivity contribution in [3.8, 4) is 11.1 Å². The summed E-state index contributed by atoms with van der Waals surface area (Å²) in [6, 6.07) is 19.6. The van der Waals surface area contributed by atoms with E-state index in [4.69, 9.17) is 11.6 Å². The number of aldehydes is 1. The van der Waals surface area contributed by atoms with Crippen LogP contribution in [0.3, 0.4) is 0 Å². The molecule has 0 heterocycles. The molecule has 0 aliphatic carbocycles. The first-order chi connectivity index (χ1) is 12.5. The Balaban J connectivity index is 2.19. The van der Waals surface area contributed by atoms with Gasteiger partial charge in [0.05, 0.1) is 5.92 Å². The third-order valence-corrected chi connectivity index (χ3v) is 4.72. The van der Waals surface area contributed by atoms with Gasteiger partial charge >= 0.3 is 0 Å². The maximum Gasteiger partial charge on any atom is 0.131 e. The molecule has 0 radical (unpaired) electrons. The van der Waals surface area contributed by atoms with E-state index >= 15 is 0 Å². The second-order valence-corrected chi connectivity index (χ2v) is 6.61. The molecule has 0 amide bonds. The number of carbonyl (C=O) groups is 1. The zero-order valence-electron chi connectivity index (χ0n) is 14.4. The monoisotopic (exact) mass is 364 g/mol. The van der Waals surface area contributed by atoms with Crippen molar-refractivity contribution in [3.63, 3.8) is 0 Å². The zero-order chi connectivity index (χ0) is 18.7. The van der Waals surface area contributed by atoms with Gasteiger partial charge < -0.3 is 4.79 Å². The van der Waals surface area contributed by atoms with Crippen LogP contribution in [0.2, 0.25) is 5.02 Å². The second-order valence-electron chi connectivity index (χ2n) is 6.21. The Kier molecular flexibility index (Phi) is 5.34. The fourth-order valence-corrected chi connectivity index (χ4v) is 3.30. The van der Waals surface area contributed by atoms with Gasteiger partial charge in [0.2, 0.25) is 0 Å². The molecule has 1 nitrogen and oxygen atoms in total. The minimum atomic E-state index is -0.438. The summed E-state index contributed by atoms with van der Waals surface area (Å²) in [5.74, 6) is -0.806. The fraction of sp³-hybridized carbons (Fsp3) is 0.0870. The standard InChI is InChI=1S/C23H18ClFO/c1-15(2)18-9-6-10-22(25)23(18)19-13-17(11-12-21(19)24)20(14-26)16-7-4-3-5-8-16/h3-14,20H,1H2,2H3. The number of hydrogen-bond acceptors (Lipinski definition) is 1. The average molecular weight is 365 g/mol. The molecule has 0 spiro atoms. The number of rotatable bonds is 5. The molecule has 0 aliphatic heterocycles. The highest BCUT2D eigenvalue weighted by Gasteiger charge is 2.19. The highest BCUT2D eigenvalue weighted by molar-refractivity contribution is 6.33. The Morgan fingerprint density at radius 3 is 2.42 bits per heavy atom. The molecule has 0 fully saturated rings. The third-order valence-electron chi connectivity index (χ3n) is 4.39. The van der Waals surface area contributed by atoms with Crippen LogP contribution in [0.25, 0.3) is 16.7 Å². The summed E-state index contributed by atoms with van der Waals surface area (Å²) >= 11 is 6.39. The van der Waals surface area contributed by atoms with E-state index in [1.807, 2.05) is 43.3 Å². The van der Waals surface area contributed by atoms with E-state index in [1.165, 1.54) is 6.07 Å². The Morgan fingerprint density at radius 1 is 1.04 bits per heavy atom. The molecule has 0 N–H and O–H groups in total. The maximum atomic E-state index is 14.6.